The van der Waals surface area contributed by atoms with Crippen LogP contribution in [0.25, 0.3) is 0 Å². The van der Waals surface area contributed by atoms with Gasteiger partial charge in [-0.05, 0) is 68.3 Å². The van der Waals surface area contributed by atoms with Crippen LogP contribution in [0.2, 0.25) is 0 Å². The molecule has 0 aliphatic heterocycles. The normalized spacial score (nSPS) is 39.6. The van der Waals surface area contributed by atoms with Crippen LogP contribution >= 0.6 is 0 Å². The Labute approximate surface area is 191 Å². The molecule has 7 atom stereocenters. The van der Waals surface area contributed by atoms with Gasteiger partial charge in [0, 0.05) is 31.5 Å². The van der Waals surface area contributed by atoms with E-state index in [-0.39, 0.29) is 48.5 Å². The number of carbonyl (C=O) groups is 1. The second-order valence-corrected chi connectivity index (χ2v) is 10.6. The summed E-state index contributed by atoms with van der Waals surface area (Å²) in [5.74, 6) is -0.0278. The molecule has 3 N–H and O–H groups in total. The molecule has 1 aromatic rings. The lowest BCUT2D eigenvalue weighted by Gasteiger charge is -2.52. The Hall–Kier alpha value is -1.69. The summed E-state index contributed by atoms with van der Waals surface area (Å²) in [6, 6.07) is 10.2. The molecular weight excluding hydrogens is 404 g/mol. The van der Waals surface area contributed by atoms with E-state index in [1.54, 1.807) is 0 Å². The SMILES string of the molecule is CC(=O)OC1CCC(C)([C@H]2CCC3=C(C[C@@H](O)[C@@]3(C)c3ccccc3)[C@@H]2CO)C(CO)C1. The number of hydrogen-bond donors (Lipinski definition) is 3. The minimum absolute atomic E-state index is 0.0109. The van der Waals surface area contributed by atoms with Gasteiger partial charge in [0.05, 0.1) is 6.10 Å². The van der Waals surface area contributed by atoms with Crippen LogP contribution in [0.1, 0.15) is 64.9 Å². The number of esters is 1. The van der Waals surface area contributed by atoms with Gasteiger partial charge < -0.3 is 20.1 Å². The monoisotopic (exact) mass is 442 g/mol. The predicted octanol–water partition coefficient (Wildman–Crippen LogP) is 3.75. The fourth-order valence-corrected chi connectivity index (χ4v) is 7.28. The second-order valence-electron chi connectivity index (χ2n) is 10.6. The van der Waals surface area contributed by atoms with Crippen molar-refractivity contribution in [2.24, 2.45) is 23.2 Å². The molecule has 0 saturated heterocycles. The number of aliphatic hydroxyl groups excluding tert-OH is 3. The van der Waals surface area contributed by atoms with E-state index in [9.17, 15) is 20.1 Å². The number of rotatable bonds is 5. The van der Waals surface area contributed by atoms with Crippen molar-refractivity contribution >= 4 is 5.97 Å². The predicted molar refractivity (Wildman–Crippen MR) is 123 cm³/mol. The molecule has 5 nitrogen and oxygen atoms in total. The van der Waals surface area contributed by atoms with Crippen molar-refractivity contribution < 1.29 is 24.9 Å². The van der Waals surface area contributed by atoms with Gasteiger partial charge in [-0.15, -0.1) is 0 Å². The van der Waals surface area contributed by atoms with Crippen LogP contribution in [0.15, 0.2) is 41.5 Å². The Morgan fingerprint density at radius 3 is 2.47 bits per heavy atom. The number of benzene rings is 1. The number of carbonyl (C=O) groups excluding carboxylic acids is 1. The van der Waals surface area contributed by atoms with Gasteiger partial charge in [-0.2, -0.15) is 0 Å². The molecule has 3 aliphatic rings. The van der Waals surface area contributed by atoms with Gasteiger partial charge in [-0.1, -0.05) is 48.4 Å². The van der Waals surface area contributed by atoms with Gasteiger partial charge in [0.2, 0.25) is 0 Å². The number of hydrogen-bond acceptors (Lipinski definition) is 5. The lowest BCUT2D eigenvalue weighted by atomic mass is 9.53. The standard InChI is InChI=1S/C27H38O5/c1-17(30)32-20-11-12-26(2,19(13-20)15-28)23-9-10-24-21(22(23)16-29)14-25(31)27(24,3)18-7-5-4-6-8-18/h4-8,19-20,22-23,25,28-29,31H,9-16H2,1-3H3/t19?,20?,22-,23-,25+,26?,27-/m0/s1. The van der Waals surface area contributed by atoms with Crippen molar-refractivity contribution in [3.8, 4) is 0 Å². The third-order valence-electron chi connectivity index (χ3n) is 9.19. The first kappa shape index (κ1) is 23.5. The minimum atomic E-state index is -0.496. The van der Waals surface area contributed by atoms with Crippen LogP contribution in [0, 0.1) is 23.2 Å². The maximum absolute atomic E-state index is 11.5. The van der Waals surface area contributed by atoms with Crippen molar-refractivity contribution in [2.75, 3.05) is 13.2 Å². The Balaban J connectivity index is 1.65. The van der Waals surface area contributed by atoms with Gasteiger partial charge in [0.25, 0.3) is 0 Å². The first-order chi connectivity index (χ1) is 15.3. The minimum Gasteiger partial charge on any atom is -0.463 e. The highest BCUT2D eigenvalue weighted by molar-refractivity contribution is 5.66. The highest BCUT2D eigenvalue weighted by atomic mass is 16.5. The van der Waals surface area contributed by atoms with Gasteiger partial charge in [0.15, 0.2) is 0 Å². The van der Waals surface area contributed by atoms with Crippen molar-refractivity contribution in [3.63, 3.8) is 0 Å². The zero-order valence-electron chi connectivity index (χ0n) is 19.6. The van der Waals surface area contributed by atoms with Crippen molar-refractivity contribution in [1.82, 2.24) is 0 Å². The molecule has 1 aromatic carbocycles. The summed E-state index contributed by atoms with van der Waals surface area (Å²) in [6.07, 6.45) is 4.11. The van der Waals surface area contributed by atoms with Gasteiger partial charge >= 0.3 is 5.97 Å². The van der Waals surface area contributed by atoms with Crippen LogP contribution < -0.4 is 0 Å². The molecule has 0 radical (unpaired) electrons. The van der Waals surface area contributed by atoms with Crippen molar-refractivity contribution in [2.45, 2.75) is 76.9 Å². The molecule has 0 heterocycles. The molecule has 1 fully saturated rings. The molecule has 0 spiro atoms. The van der Waals surface area contributed by atoms with Gasteiger partial charge in [-0.25, -0.2) is 0 Å². The summed E-state index contributed by atoms with van der Waals surface area (Å²) < 4.78 is 5.47. The molecule has 0 bridgehead atoms. The molecule has 0 aromatic heterocycles. The number of ether oxygens (including phenoxy) is 1. The molecule has 1 saturated carbocycles. The summed E-state index contributed by atoms with van der Waals surface area (Å²) in [4.78, 5) is 11.5. The van der Waals surface area contributed by atoms with E-state index in [2.05, 4.69) is 26.0 Å². The highest BCUT2D eigenvalue weighted by Gasteiger charge is 2.54. The summed E-state index contributed by atoms with van der Waals surface area (Å²) in [5, 5.41) is 32.0. The van der Waals surface area contributed by atoms with Crippen LogP contribution in [-0.4, -0.2) is 46.7 Å². The lowest BCUT2D eigenvalue weighted by molar-refractivity contribution is -0.153. The van der Waals surface area contributed by atoms with E-state index in [0.29, 0.717) is 12.8 Å². The van der Waals surface area contributed by atoms with Crippen molar-refractivity contribution in [1.29, 1.82) is 0 Å². The molecule has 176 valence electrons. The maximum Gasteiger partial charge on any atom is 0.302 e. The zero-order valence-corrected chi connectivity index (χ0v) is 19.6. The first-order valence-corrected chi connectivity index (χ1v) is 12.1. The molecule has 32 heavy (non-hydrogen) atoms. The average molecular weight is 443 g/mol. The van der Waals surface area contributed by atoms with Crippen molar-refractivity contribution in [3.05, 3.63) is 47.0 Å². The topological polar surface area (TPSA) is 87.0 Å². The fourth-order valence-electron chi connectivity index (χ4n) is 7.28. The van der Waals surface area contributed by atoms with Crippen LogP contribution in [-0.2, 0) is 14.9 Å². The van der Waals surface area contributed by atoms with Gasteiger partial charge in [-0.3, -0.25) is 4.79 Å². The summed E-state index contributed by atoms with van der Waals surface area (Å²) in [5.41, 5.74) is 3.09. The Morgan fingerprint density at radius 2 is 1.84 bits per heavy atom. The molecule has 5 heteroatoms. The van der Waals surface area contributed by atoms with Crippen LogP contribution in [0.3, 0.4) is 0 Å². The van der Waals surface area contributed by atoms with E-state index in [1.165, 1.54) is 18.1 Å². The van der Waals surface area contributed by atoms with Crippen LogP contribution in [0.5, 0.6) is 0 Å². The molecule has 3 unspecified atom stereocenters. The summed E-state index contributed by atoms with van der Waals surface area (Å²) >= 11 is 0. The lowest BCUT2D eigenvalue weighted by Crippen LogP contribution is -2.48. The Bertz CT molecular complexity index is 864. The molecule has 4 rings (SSSR count). The molecule has 3 aliphatic carbocycles. The van der Waals surface area contributed by atoms with Crippen LogP contribution in [0.4, 0.5) is 0 Å². The van der Waals surface area contributed by atoms with E-state index in [1.807, 2.05) is 18.2 Å². The smallest absolute Gasteiger partial charge is 0.302 e. The average Bonchev–Trinajstić information content (AvgIpc) is 3.05. The summed E-state index contributed by atoms with van der Waals surface area (Å²) in [7, 11) is 0. The summed E-state index contributed by atoms with van der Waals surface area (Å²) in [6.45, 7) is 5.94. The zero-order chi connectivity index (χ0) is 23.1. The maximum atomic E-state index is 11.5. The number of aliphatic hydroxyl groups is 3. The van der Waals surface area contributed by atoms with E-state index >= 15 is 0 Å². The van der Waals surface area contributed by atoms with E-state index < -0.39 is 11.5 Å². The largest absolute Gasteiger partial charge is 0.463 e. The molecular formula is C27H38O5. The highest BCUT2D eigenvalue weighted by Crippen LogP contribution is 2.59. The Kier molecular flexibility index (Phi) is 6.54. The second kappa shape index (κ2) is 8.92. The molecule has 0 amide bonds. The third-order valence-corrected chi connectivity index (χ3v) is 9.19. The first-order valence-electron chi connectivity index (χ1n) is 12.1. The Morgan fingerprint density at radius 1 is 1.12 bits per heavy atom. The van der Waals surface area contributed by atoms with Gasteiger partial charge in [0.1, 0.15) is 6.10 Å². The quantitative estimate of drug-likeness (QED) is 0.478. The fraction of sp³-hybridized carbons (Fsp3) is 0.667. The van der Waals surface area contributed by atoms with E-state index in [4.69, 9.17) is 4.74 Å². The third kappa shape index (κ3) is 3.72. The van der Waals surface area contributed by atoms with E-state index in [0.717, 1.165) is 31.2 Å².